The van der Waals surface area contributed by atoms with Gasteiger partial charge in [0.2, 0.25) is 11.8 Å². The van der Waals surface area contributed by atoms with Crippen LogP contribution in [0.4, 0.5) is 18.9 Å². The van der Waals surface area contributed by atoms with E-state index in [0.29, 0.717) is 0 Å². The zero-order valence-corrected chi connectivity index (χ0v) is 15.7. The fourth-order valence-electron chi connectivity index (χ4n) is 3.07. The van der Waals surface area contributed by atoms with Crippen molar-refractivity contribution in [3.8, 4) is 0 Å². The van der Waals surface area contributed by atoms with Crippen LogP contribution >= 0.6 is 11.8 Å². The summed E-state index contributed by atoms with van der Waals surface area (Å²) in [6, 6.07) is 12.6. The molecule has 0 radical (unpaired) electrons. The SMILES string of the molecule is CC(=O)N1C=Cc2ccccc2C1CC(=O)Nc1ccccc1SC(F)(F)F. The molecule has 0 saturated heterocycles. The number of carbonyl (C=O) groups excluding carboxylic acids is 2. The average Bonchev–Trinajstić information content (AvgIpc) is 2.62. The maximum absolute atomic E-state index is 12.7. The third kappa shape index (κ3) is 4.75. The molecule has 4 nitrogen and oxygen atoms in total. The summed E-state index contributed by atoms with van der Waals surface area (Å²) in [4.78, 5) is 26.0. The van der Waals surface area contributed by atoms with Crippen molar-refractivity contribution in [3.63, 3.8) is 0 Å². The smallest absolute Gasteiger partial charge is 0.325 e. The van der Waals surface area contributed by atoms with Crippen LogP contribution in [-0.4, -0.2) is 22.2 Å². The molecule has 1 heterocycles. The molecule has 1 atom stereocenters. The van der Waals surface area contributed by atoms with Gasteiger partial charge >= 0.3 is 5.51 Å². The van der Waals surface area contributed by atoms with Crippen molar-refractivity contribution in [2.45, 2.75) is 29.8 Å². The van der Waals surface area contributed by atoms with Crippen molar-refractivity contribution >= 4 is 35.3 Å². The Kier molecular flexibility index (Phi) is 5.79. The van der Waals surface area contributed by atoms with Crippen molar-refractivity contribution in [1.82, 2.24) is 4.90 Å². The number of alkyl halides is 3. The molecule has 2 aromatic carbocycles. The van der Waals surface area contributed by atoms with E-state index in [1.165, 1.54) is 30.0 Å². The zero-order valence-electron chi connectivity index (χ0n) is 14.9. The minimum atomic E-state index is -4.46. The maximum Gasteiger partial charge on any atom is 0.446 e. The van der Waals surface area contributed by atoms with E-state index in [1.54, 1.807) is 18.3 Å². The van der Waals surface area contributed by atoms with Crippen molar-refractivity contribution in [2.75, 3.05) is 5.32 Å². The molecule has 146 valence electrons. The van der Waals surface area contributed by atoms with E-state index in [9.17, 15) is 22.8 Å². The lowest BCUT2D eigenvalue weighted by Crippen LogP contribution is -2.33. The Balaban J connectivity index is 1.81. The summed E-state index contributed by atoms with van der Waals surface area (Å²) in [6.45, 7) is 1.40. The Morgan fingerprint density at radius 2 is 1.79 bits per heavy atom. The fourth-order valence-corrected chi connectivity index (χ4v) is 3.70. The van der Waals surface area contributed by atoms with Gasteiger partial charge in [0, 0.05) is 18.0 Å². The number of nitrogens with zero attached hydrogens (tertiary/aromatic N) is 1. The molecule has 0 saturated carbocycles. The molecule has 0 aliphatic carbocycles. The van der Waals surface area contributed by atoms with Crippen LogP contribution in [0, 0.1) is 0 Å². The van der Waals surface area contributed by atoms with Gasteiger partial charge in [-0.2, -0.15) is 13.2 Å². The lowest BCUT2D eigenvalue weighted by atomic mass is 9.93. The molecule has 28 heavy (non-hydrogen) atoms. The summed E-state index contributed by atoms with van der Waals surface area (Å²) in [5.41, 5.74) is -2.66. The Hall–Kier alpha value is -2.74. The van der Waals surface area contributed by atoms with Gasteiger partial charge in [0.1, 0.15) is 0 Å². The van der Waals surface area contributed by atoms with E-state index in [0.717, 1.165) is 11.1 Å². The predicted octanol–water partition coefficient (Wildman–Crippen LogP) is 5.20. The average molecular weight is 406 g/mol. The minimum absolute atomic E-state index is 0.0774. The van der Waals surface area contributed by atoms with E-state index in [1.807, 2.05) is 24.3 Å². The molecule has 0 spiro atoms. The maximum atomic E-state index is 12.7. The first kappa shape index (κ1) is 20.0. The molecule has 0 bridgehead atoms. The third-order valence-corrected chi connectivity index (χ3v) is 5.04. The van der Waals surface area contributed by atoms with Crippen LogP contribution in [0.3, 0.4) is 0 Å². The van der Waals surface area contributed by atoms with Gasteiger partial charge in [-0.05, 0) is 41.1 Å². The summed E-state index contributed by atoms with van der Waals surface area (Å²) in [5, 5.41) is 2.55. The zero-order chi connectivity index (χ0) is 20.3. The monoisotopic (exact) mass is 406 g/mol. The number of rotatable bonds is 4. The summed E-state index contributed by atoms with van der Waals surface area (Å²) < 4.78 is 38.2. The van der Waals surface area contributed by atoms with Gasteiger partial charge in [-0.15, -0.1) is 0 Å². The number of benzene rings is 2. The molecule has 8 heteroatoms. The Bertz CT molecular complexity index is 928. The second-order valence-corrected chi connectivity index (χ2v) is 7.29. The highest BCUT2D eigenvalue weighted by molar-refractivity contribution is 8.00. The van der Waals surface area contributed by atoms with Crippen molar-refractivity contribution in [1.29, 1.82) is 0 Å². The van der Waals surface area contributed by atoms with Gasteiger partial charge in [0.25, 0.3) is 0 Å². The normalized spacial score (nSPS) is 15.9. The molecule has 2 amide bonds. The number of thioether (sulfide) groups is 1. The quantitative estimate of drug-likeness (QED) is 0.710. The molecule has 0 aromatic heterocycles. The van der Waals surface area contributed by atoms with Crippen LogP contribution in [-0.2, 0) is 9.59 Å². The number of hydrogen-bond donors (Lipinski definition) is 1. The van der Waals surface area contributed by atoms with E-state index in [-0.39, 0.29) is 34.7 Å². The summed E-state index contributed by atoms with van der Waals surface area (Å²) in [7, 11) is 0. The molecule has 1 unspecified atom stereocenters. The molecule has 1 aliphatic rings. The number of para-hydroxylation sites is 1. The second-order valence-electron chi connectivity index (χ2n) is 6.18. The topological polar surface area (TPSA) is 49.4 Å². The highest BCUT2D eigenvalue weighted by atomic mass is 32.2. The molecule has 2 aromatic rings. The minimum Gasteiger partial charge on any atom is -0.325 e. The Morgan fingerprint density at radius 1 is 1.11 bits per heavy atom. The number of halogens is 3. The third-order valence-electron chi connectivity index (χ3n) is 4.23. The van der Waals surface area contributed by atoms with E-state index in [4.69, 9.17) is 0 Å². The van der Waals surface area contributed by atoms with Crippen molar-refractivity contribution in [2.24, 2.45) is 0 Å². The van der Waals surface area contributed by atoms with Gasteiger partial charge < -0.3 is 10.2 Å². The summed E-state index contributed by atoms with van der Waals surface area (Å²) in [6.07, 6.45) is 3.34. The lowest BCUT2D eigenvalue weighted by molar-refractivity contribution is -0.129. The number of amides is 2. The molecule has 0 fully saturated rings. The van der Waals surface area contributed by atoms with E-state index in [2.05, 4.69) is 5.32 Å². The molecule has 1 aliphatic heterocycles. The van der Waals surface area contributed by atoms with Crippen molar-refractivity contribution in [3.05, 3.63) is 65.9 Å². The molecular formula is C20H17F3N2O2S. The van der Waals surface area contributed by atoms with Gasteiger partial charge in [-0.1, -0.05) is 36.4 Å². The standard InChI is InChI=1S/C20H17F3N2O2S/c1-13(26)25-11-10-14-6-2-3-7-15(14)17(25)12-19(27)24-16-8-4-5-9-18(16)28-20(21,22)23/h2-11,17H,12H2,1H3,(H,24,27). The lowest BCUT2D eigenvalue weighted by Gasteiger charge is -2.32. The van der Waals surface area contributed by atoms with Gasteiger partial charge in [-0.3, -0.25) is 9.59 Å². The number of hydrogen-bond acceptors (Lipinski definition) is 3. The fraction of sp³-hybridized carbons (Fsp3) is 0.200. The number of nitrogens with one attached hydrogen (secondary N) is 1. The highest BCUT2D eigenvalue weighted by Gasteiger charge is 2.31. The number of fused-ring (bicyclic) bond motifs is 1. The largest absolute Gasteiger partial charge is 0.446 e. The van der Waals surface area contributed by atoms with Crippen LogP contribution < -0.4 is 5.32 Å². The van der Waals surface area contributed by atoms with Crippen LogP contribution in [0.2, 0.25) is 0 Å². The van der Waals surface area contributed by atoms with Gasteiger partial charge in [0.15, 0.2) is 0 Å². The van der Waals surface area contributed by atoms with E-state index >= 15 is 0 Å². The van der Waals surface area contributed by atoms with Gasteiger partial charge in [0.05, 0.1) is 18.2 Å². The summed E-state index contributed by atoms with van der Waals surface area (Å²) in [5.74, 6) is -0.701. The number of anilines is 1. The van der Waals surface area contributed by atoms with Crippen LogP contribution in [0.25, 0.3) is 6.08 Å². The van der Waals surface area contributed by atoms with Crippen molar-refractivity contribution < 1.29 is 22.8 Å². The first-order valence-corrected chi connectivity index (χ1v) is 9.27. The molecule has 3 rings (SSSR count). The van der Waals surface area contributed by atoms with Crippen LogP contribution in [0.5, 0.6) is 0 Å². The summed E-state index contributed by atoms with van der Waals surface area (Å²) >= 11 is -0.281. The highest BCUT2D eigenvalue weighted by Crippen LogP contribution is 2.40. The first-order chi connectivity index (χ1) is 13.2. The Morgan fingerprint density at radius 3 is 2.50 bits per heavy atom. The van der Waals surface area contributed by atoms with E-state index < -0.39 is 17.5 Å². The van der Waals surface area contributed by atoms with Gasteiger partial charge in [-0.25, -0.2) is 0 Å². The van der Waals surface area contributed by atoms with Crippen LogP contribution in [0.15, 0.2) is 59.6 Å². The first-order valence-electron chi connectivity index (χ1n) is 8.45. The molecule has 1 N–H and O–H groups in total. The van der Waals surface area contributed by atoms with Crippen LogP contribution in [0.1, 0.15) is 30.5 Å². The second kappa shape index (κ2) is 8.10. The number of carbonyl (C=O) groups is 2. The Labute approximate surface area is 164 Å². The predicted molar refractivity (Wildman–Crippen MR) is 102 cm³/mol. The molecular weight excluding hydrogens is 389 g/mol.